The van der Waals surface area contributed by atoms with E-state index in [0.29, 0.717) is 11.3 Å². The smallest absolute Gasteiger partial charge is 0.326 e. The van der Waals surface area contributed by atoms with Gasteiger partial charge in [0.25, 0.3) is 0 Å². The number of H-pyrrole nitrogens is 2. The van der Waals surface area contributed by atoms with Gasteiger partial charge in [0, 0.05) is 48.3 Å². The number of imidazole rings is 1. The number of nitrogens with two attached hydrogens (primary N) is 2. The maximum atomic E-state index is 13.5. The summed E-state index contributed by atoms with van der Waals surface area (Å²) in [5, 5.41) is 18.2. The maximum absolute atomic E-state index is 13.5. The summed E-state index contributed by atoms with van der Waals surface area (Å²) in [5.74, 6) is -4.02. The molecule has 1 aromatic carbocycles. The number of benzene rings is 1. The van der Waals surface area contributed by atoms with Crippen molar-refractivity contribution in [1.82, 2.24) is 30.9 Å². The molecule has 10 N–H and O–H groups in total. The van der Waals surface area contributed by atoms with Gasteiger partial charge in [-0.05, 0) is 30.4 Å². The Bertz CT molecular complexity index is 1390. The second-order valence-electron chi connectivity index (χ2n) is 10.6. The molecule has 226 valence electrons. The van der Waals surface area contributed by atoms with Crippen LogP contribution in [0, 0.1) is 5.92 Å². The van der Waals surface area contributed by atoms with E-state index in [4.69, 9.17) is 11.5 Å². The zero-order valence-corrected chi connectivity index (χ0v) is 23.6. The molecule has 42 heavy (non-hydrogen) atoms. The number of hydrogen-bond acceptors (Lipinski definition) is 7. The van der Waals surface area contributed by atoms with Gasteiger partial charge in [0.15, 0.2) is 0 Å². The predicted octanol–water partition coefficient (Wildman–Crippen LogP) is -0.146. The molecule has 4 amide bonds. The van der Waals surface area contributed by atoms with Crippen LogP contribution in [0.25, 0.3) is 10.9 Å². The number of nitrogens with zero attached hydrogens (tertiary/aromatic N) is 1. The standard InChI is InChI=1S/C28H38N8O6/c1-15(2)9-22(35-25(38)19(29)11-17-13-31-14-33-17)26(39)36-23(10-16-12-32-20-6-4-3-5-18(16)20)27(40)34-21(28(41)42)7-8-24(30)37/h3-6,12-15,19,21-23,32H,7-11,29H2,1-2H3,(H2,30,37)(H,31,33)(H,34,40)(H,35,38)(H,36,39)(H,41,42). The number of fused-ring (bicyclic) bond motifs is 1. The Morgan fingerprint density at radius 1 is 0.929 bits per heavy atom. The molecular weight excluding hydrogens is 544 g/mol. The second kappa shape index (κ2) is 14.8. The first kappa shape index (κ1) is 31.8. The van der Waals surface area contributed by atoms with E-state index in [2.05, 4.69) is 30.9 Å². The number of carbonyl (C=O) groups is 5. The molecule has 0 saturated heterocycles. The van der Waals surface area contributed by atoms with Gasteiger partial charge >= 0.3 is 5.97 Å². The van der Waals surface area contributed by atoms with Crippen molar-refractivity contribution in [3.05, 3.63) is 54.2 Å². The predicted molar refractivity (Wildman–Crippen MR) is 154 cm³/mol. The lowest BCUT2D eigenvalue weighted by Gasteiger charge is -2.26. The normalized spacial score (nSPS) is 14.1. The summed E-state index contributed by atoms with van der Waals surface area (Å²) in [6.07, 6.45) is 4.71. The highest BCUT2D eigenvalue weighted by atomic mass is 16.4. The van der Waals surface area contributed by atoms with Crippen molar-refractivity contribution in [1.29, 1.82) is 0 Å². The van der Waals surface area contributed by atoms with Crippen LogP contribution in [0.4, 0.5) is 0 Å². The molecule has 0 bridgehead atoms. The van der Waals surface area contributed by atoms with Crippen LogP contribution in [0.5, 0.6) is 0 Å². The molecule has 3 rings (SSSR count). The number of carbonyl (C=O) groups excluding carboxylic acids is 4. The molecule has 0 saturated carbocycles. The Morgan fingerprint density at radius 2 is 1.60 bits per heavy atom. The molecule has 4 atom stereocenters. The zero-order chi connectivity index (χ0) is 30.8. The zero-order valence-electron chi connectivity index (χ0n) is 23.6. The SMILES string of the molecule is CC(C)CC(NC(=O)C(N)Cc1cnc[nH]1)C(=O)NC(Cc1c[nH]c2ccccc12)C(=O)NC(CCC(N)=O)C(=O)O. The number of nitrogens with one attached hydrogen (secondary N) is 5. The van der Waals surface area contributed by atoms with Crippen LogP contribution in [0.3, 0.4) is 0 Å². The fraction of sp³-hybridized carbons (Fsp3) is 0.429. The number of carboxylic acids is 1. The minimum atomic E-state index is -1.40. The highest BCUT2D eigenvalue weighted by Gasteiger charge is 2.31. The number of rotatable bonds is 16. The van der Waals surface area contributed by atoms with Gasteiger partial charge in [0.1, 0.15) is 18.1 Å². The lowest BCUT2D eigenvalue weighted by molar-refractivity contribution is -0.142. The molecule has 2 heterocycles. The van der Waals surface area contributed by atoms with E-state index in [9.17, 15) is 29.1 Å². The average Bonchev–Trinajstić information content (AvgIpc) is 3.59. The van der Waals surface area contributed by atoms with E-state index in [1.165, 1.54) is 6.33 Å². The molecule has 0 radical (unpaired) electrons. The first-order chi connectivity index (χ1) is 19.9. The number of aliphatic carboxylic acids is 1. The van der Waals surface area contributed by atoms with Crippen molar-refractivity contribution in [2.45, 2.75) is 70.1 Å². The highest BCUT2D eigenvalue weighted by Crippen LogP contribution is 2.19. The van der Waals surface area contributed by atoms with Gasteiger partial charge in [0.2, 0.25) is 23.6 Å². The highest BCUT2D eigenvalue weighted by molar-refractivity contribution is 5.95. The van der Waals surface area contributed by atoms with E-state index in [1.54, 1.807) is 12.4 Å². The van der Waals surface area contributed by atoms with Crippen LogP contribution < -0.4 is 27.4 Å². The summed E-state index contributed by atoms with van der Waals surface area (Å²) in [4.78, 5) is 72.8. The fourth-order valence-electron chi connectivity index (χ4n) is 4.53. The summed E-state index contributed by atoms with van der Waals surface area (Å²) in [5.41, 5.74) is 13.4. The number of primary amides is 1. The lowest BCUT2D eigenvalue weighted by atomic mass is 10.00. The Balaban J connectivity index is 1.82. The van der Waals surface area contributed by atoms with Crippen molar-refractivity contribution < 1.29 is 29.1 Å². The minimum Gasteiger partial charge on any atom is -0.480 e. The number of para-hydroxylation sites is 1. The van der Waals surface area contributed by atoms with Gasteiger partial charge in [-0.3, -0.25) is 19.2 Å². The molecule has 0 fully saturated rings. The summed E-state index contributed by atoms with van der Waals surface area (Å²) >= 11 is 0. The van der Waals surface area contributed by atoms with E-state index >= 15 is 0 Å². The third-order valence-electron chi connectivity index (χ3n) is 6.70. The number of hydrogen-bond donors (Lipinski definition) is 8. The van der Waals surface area contributed by atoms with Gasteiger partial charge in [-0.1, -0.05) is 32.0 Å². The summed E-state index contributed by atoms with van der Waals surface area (Å²) in [7, 11) is 0. The van der Waals surface area contributed by atoms with Crippen LogP contribution in [0.15, 0.2) is 43.0 Å². The van der Waals surface area contributed by atoms with Crippen LogP contribution in [-0.2, 0) is 36.8 Å². The molecule has 0 aliphatic carbocycles. The molecule has 0 aliphatic heterocycles. The summed E-state index contributed by atoms with van der Waals surface area (Å²) in [6.45, 7) is 3.76. The number of amides is 4. The first-order valence-electron chi connectivity index (χ1n) is 13.6. The molecular formula is C28H38N8O6. The molecule has 14 heteroatoms. The van der Waals surface area contributed by atoms with Gasteiger partial charge in [-0.2, -0.15) is 0 Å². The van der Waals surface area contributed by atoms with Crippen molar-refractivity contribution >= 4 is 40.5 Å². The van der Waals surface area contributed by atoms with Crippen LogP contribution in [0.1, 0.15) is 44.4 Å². The van der Waals surface area contributed by atoms with Crippen molar-refractivity contribution in [3.8, 4) is 0 Å². The lowest BCUT2D eigenvalue weighted by Crippen LogP contribution is -2.58. The number of aromatic nitrogens is 3. The van der Waals surface area contributed by atoms with Crippen molar-refractivity contribution in [2.24, 2.45) is 17.4 Å². The second-order valence-corrected chi connectivity index (χ2v) is 10.6. The summed E-state index contributed by atoms with van der Waals surface area (Å²) in [6, 6.07) is 2.80. The molecule has 0 spiro atoms. The average molecular weight is 583 g/mol. The van der Waals surface area contributed by atoms with Gasteiger partial charge in [-0.15, -0.1) is 0 Å². The van der Waals surface area contributed by atoms with Gasteiger partial charge in [-0.25, -0.2) is 9.78 Å². The number of carboxylic acid groups (broad SMARTS) is 1. The van der Waals surface area contributed by atoms with Crippen molar-refractivity contribution in [3.63, 3.8) is 0 Å². The fourth-order valence-corrected chi connectivity index (χ4v) is 4.53. The van der Waals surface area contributed by atoms with E-state index in [1.807, 2.05) is 38.1 Å². The van der Waals surface area contributed by atoms with Crippen molar-refractivity contribution in [2.75, 3.05) is 0 Å². The van der Waals surface area contributed by atoms with E-state index in [-0.39, 0.29) is 38.0 Å². The van der Waals surface area contributed by atoms with E-state index in [0.717, 1.165) is 10.9 Å². The molecule has 4 unspecified atom stereocenters. The Kier molecular flexibility index (Phi) is 11.2. The Morgan fingerprint density at radius 3 is 2.24 bits per heavy atom. The van der Waals surface area contributed by atoms with Gasteiger partial charge < -0.3 is 42.5 Å². The molecule has 14 nitrogen and oxygen atoms in total. The van der Waals surface area contributed by atoms with Crippen LogP contribution in [0.2, 0.25) is 0 Å². The van der Waals surface area contributed by atoms with Gasteiger partial charge in [0.05, 0.1) is 12.4 Å². The summed E-state index contributed by atoms with van der Waals surface area (Å²) < 4.78 is 0. The quantitative estimate of drug-likeness (QED) is 0.113. The third-order valence-corrected chi connectivity index (χ3v) is 6.70. The minimum absolute atomic E-state index is 0.00374. The van der Waals surface area contributed by atoms with Crippen LogP contribution >= 0.6 is 0 Å². The molecule has 3 aromatic rings. The molecule has 0 aliphatic rings. The van der Waals surface area contributed by atoms with E-state index < -0.39 is 53.8 Å². The largest absolute Gasteiger partial charge is 0.480 e. The Hall–Kier alpha value is -4.72. The maximum Gasteiger partial charge on any atom is 0.326 e. The number of aromatic amines is 2. The Labute approximate surface area is 242 Å². The third kappa shape index (κ3) is 9.16. The van der Waals surface area contributed by atoms with Crippen LogP contribution in [-0.4, -0.2) is 73.8 Å². The molecule has 2 aromatic heterocycles. The monoisotopic (exact) mass is 582 g/mol. The topological polar surface area (TPSA) is 238 Å². The first-order valence-corrected chi connectivity index (χ1v) is 13.6.